The lowest BCUT2D eigenvalue weighted by Gasteiger charge is -2.39. The molecule has 0 N–H and O–H groups in total. The van der Waals surface area contributed by atoms with Crippen LogP contribution in [-0.2, 0) is 9.47 Å². The maximum absolute atomic E-state index is 11.8. The first-order valence-corrected chi connectivity index (χ1v) is 5.37. The van der Waals surface area contributed by atoms with Gasteiger partial charge in [-0.3, -0.25) is 0 Å². The Morgan fingerprint density at radius 3 is 2.60 bits per heavy atom. The van der Waals surface area contributed by atoms with Crippen molar-refractivity contribution in [2.75, 3.05) is 40.4 Å². The van der Waals surface area contributed by atoms with E-state index in [4.69, 9.17) is 9.47 Å². The summed E-state index contributed by atoms with van der Waals surface area (Å²) < 4.78 is 11.2. The number of urea groups is 1. The Bertz CT molecular complexity index is 249. The number of nitrogens with zero attached hydrogens (tertiary/aromatic N) is 2. The number of hydrogen-bond donors (Lipinski definition) is 0. The molecule has 0 aromatic carbocycles. The number of amides is 2. The Morgan fingerprint density at radius 1 is 1.33 bits per heavy atom. The highest BCUT2D eigenvalue weighted by atomic mass is 16.7. The summed E-state index contributed by atoms with van der Waals surface area (Å²) in [5.41, 5.74) is 0. The van der Waals surface area contributed by atoms with Crippen molar-refractivity contribution in [3.05, 3.63) is 0 Å². The van der Waals surface area contributed by atoms with Crippen molar-refractivity contribution in [1.29, 1.82) is 0 Å². The highest BCUT2D eigenvalue weighted by molar-refractivity contribution is 5.74. The molecular formula is C10H18N2O3. The van der Waals surface area contributed by atoms with Gasteiger partial charge in [-0.15, -0.1) is 0 Å². The molecule has 2 rings (SSSR count). The Kier molecular flexibility index (Phi) is 2.84. The van der Waals surface area contributed by atoms with Gasteiger partial charge in [0.25, 0.3) is 0 Å². The number of piperidine rings is 1. The third-order valence-corrected chi connectivity index (χ3v) is 2.88. The van der Waals surface area contributed by atoms with E-state index in [0.29, 0.717) is 19.8 Å². The molecule has 2 fully saturated rings. The van der Waals surface area contributed by atoms with Crippen LogP contribution >= 0.6 is 0 Å². The first kappa shape index (κ1) is 10.7. The van der Waals surface area contributed by atoms with Crippen molar-refractivity contribution < 1.29 is 14.3 Å². The van der Waals surface area contributed by atoms with Crippen LogP contribution in [0.4, 0.5) is 4.79 Å². The summed E-state index contributed by atoms with van der Waals surface area (Å²) in [4.78, 5) is 15.2. The lowest BCUT2D eigenvalue weighted by Crippen LogP contribution is -2.53. The molecule has 5 nitrogen and oxygen atoms in total. The van der Waals surface area contributed by atoms with Gasteiger partial charge in [0.1, 0.15) is 0 Å². The van der Waals surface area contributed by atoms with Gasteiger partial charge in [-0.1, -0.05) is 0 Å². The molecule has 2 heterocycles. The van der Waals surface area contributed by atoms with Gasteiger partial charge >= 0.3 is 6.03 Å². The molecule has 15 heavy (non-hydrogen) atoms. The van der Waals surface area contributed by atoms with E-state index in [9.17, 15) is 4.79 Å². The van der Waals surface area contributed by atoms with Gasteiger partial charge in [0.2, 0.25) is 0 Å². The van der Waals surface area contributed by atoms with Crippen molar-refractivity contribution in [2.24, 2.45) is 0 Å². The van der Waals surface area contributed by atoms with Gasteiger partial charge in [0, 0.05) is 27.1 Å². The van der Waals surface area contributed by atoms with Crippen LogP contribution in [0.5, 0.6) is 0 Å². The summed E-state index contributed by atoms with van der Waals surface area (Å²) in [6.07, 6.45) is 1.84. The van der Waals surface area contributed by atoms with E-state index >= 15 is 0 Å². The van der Waals surface area contributed by atoms with Crippen molar-refractivity contribution >= 4 is 6.03 Å². The van der Waals surface area contributed by atoms with Gasteiger partial charge < -0.3 is 19.3 Å². The topological polar surface area (TPSA) is 42.0 Å². The van der Waals surface area contributed by atoms with Crippen molar-refractivity contribution in [1.82, 2.24) is 9.80 Å². The summed E-state index contributed by atoms with van der Waals surface area (Å²) in [6, 6.07) is 0.0353. The van der Waals surface area contributed by atoms with Crippen LogP contribution in [0.2, 0.25) is 0 Å². The highest BCUT2D eigenvalue weighted by Gasteiger charge is 2.42. The standard InChI is InChI=1S/C10H18N2O3/c1-11(2)9(13)12-5-3-4-10(8-12)14-6-7-15-10/h3-8H2,1-2H3. The Morgan fingerprint density at radius 2 is 2.00 bits per heavy atom. The fourth-order valence-corrected chi connectivity index (χ4v) is 2.17. The largest absolute Gasteiger partial charge is 0.346 e. The van der Waals surface area contributed by atoms with Gasteiger partial charge in [-0.2, -0.15) is 0 Å². The van der Waals surface area contributed by atoms with Crippen LogP contribution in [0.25, 0.3) is 0 Å². The average Bonchev–Trinajstić information content (AvgIpc) is 2.65. The lowest BCUT2D eigenvalue weighted by atomic mass is 10.1. The molecule has 0 unspecified atom stereocenters. The lowest BCUT2D eigenvalue weighted by molar-refractivity contribution is -0.183. The van der Waals surface area contributed by atoms with E-state index in [1.54, 1.807) is 23.9 Å². The Labute approximate surface area is 89.9 Å². The van der Waals surface area contributed by atoms with Crippen molar-refractivity contribution in [3.63, 3.8) is 0 Å². The fourth-order valence-electron chi connectivity index (χ4n) is 2.17. The zero-order chi connectivity index (χ0) is 10.9. The van der Waals surface area contributed by atoms with Gasteiger partial charge in [-0.05, 0) is 6.42 Å². The number of likely N-dealkylation sites (tertiary alicyclic amines) is 1. The minimum Gasteiger partial charge on any atom is -0.346 e. The minimum absolute atomic E-state index is 0.0353. The van der Waals surface area contributed by atoms with Crippen molar-refractivity contribution in [3.8, 4) is 0 Å². The zero-order valence-corrected chi connectivity index (χ0v) is 9.36. The molecule has 0 aliphatic carbocycles. The molecule has 2 amide bonds. The number of rotatable bonds is 0. The van der Waals surface area contributed by atoms with Crippen LogP contribution in [0.15, 0.2) is 0 Å². The maximum Gasteiger partial charge on any atom is 0.319 e. The number of hydrogen-bond acceptors (Lipinski definition) is 3. The van der Waals surface area contributed by atoms with Gasteiger partial charge in [-0.25, -0.2) is 4.79 Å². The van der Waals surface area contributed by atoms with E-state index < -0.39 is 5.79 Å². The van der Waals surface area contributed by atoms with Crippen LogP contribution < -0.4 is 0 Å². The van der Waals surface area contributed by atoms with Gasteiger partial charge in [0.15, 0.2) is 5.79 Å². The molecule has 2 aliphatic heterocycles. The molecule has 2 aliphatic rings. The number of ether oxygens (including phenoxy) is 2. The summed E-state index contributed by atoms with van der Waals surface area (Å²) in [5, 5.41) is 0. The fraction of sp³-hybridized carbons (Fsp3) is 0.900. The molecule has 2 saturated heterocycles. The van der Waals surface area contributed by atoms with Crippen LogP contribution in [0, 0.1) is 0 Å². The predicted molar refractivity (Wildman–Crippen MR) is 54.5 cm³/mol. The predicted octanol–water partition coefficient (Wildman–Crippen LogP) is 0.507. The molecule has 86 valence electrons. The molecule has 0 saturated carbocycles. The SMILES string of the molecule is CN(C)C(=O)N1CCCC2(C1)OCCO2. The molecule has 0 bridgehead atoms. The van der Waals surface area contributed by atoms with E-state index in [1.165, 1.54) is 0 Å². The van der Waals surface area contributed by atoms with E-state index in [0.717, 1.165) is 19.4 Å². The Hall–Kier alpha value is -0.810. The van der Waals surface area contributed by atoms with Crippen LogP contribution in [-0.4, -0.2) is 62.0 Å². The molecule has 0 atom stereocenters. The molecule has 1 spiro atoms. The molecular weight excluding hydrogens is 196 g/mol. The molecule has 0 aromatic heterocycles. The smallest absolute Gasteiger partial charge is 0.319 e. The second-order valence-corrected chi connectivity index (χ2v) is 4.31. The summed E-state index contributed by atoms with van der Waals surface area (Å²) in [5.74, 6) is -0.510. The second-order valence-electron chi connectivity index (χ2n) is 4.31. The maximum atomic E-state index is 11.8. The van der Waals surface area contributed by atoms with Gasteiger partial charge in [0.05, 0.1) is 19.8 Å². The van der Waals surface area contributed by atoms with Crippen molar-refractivity contribution in [2.45, 2.75) is 18.6 Å². The Balaban J connectivity index is 2.00. The quantitative estimate of drug-likeness (QED) is 0.590. The average molecular weight is 214 g/mol. The minimum atomic E-state index is -0.510. The van der Waals surface area contributed by atoms with Crippen LogP contribution in [0.1, 0.15) is 12.8 Å². The molecule has 0 aromatic rings. The normalized spacial score (nSPS) is 24.5. The van der Waals surface area contributed by atoms with E-state index in [1.807, 2.05) is 0 Å². The third-order valence-electron chi connectivity index (χ3n) is 2.88. The summed E-state index contributed by atoms with van der Waals surface area (Å²) in [6.45, 7) is 2.64. The first-order chi connectivity index (χ1) is 7.13. The van der Waals surface area contributed by atoms with E-state index in [2.05, 4.69) is 0 Å². The monoisotopic (exact) mass is 214 g/mol. The first-order valence-electron chi connectivity index (χ1n) is 5.37. The number of carbonyl (C=O) groups excluding carboxylic acids is 1. The van der Waals surface area contributed by atoms with E-state index in [-0.39, 0.29) is 6.03 Å². The zero-order valence-electron chi connectivity index (χ0n) is 9.36. The highest BCUT2D eigenvalue weighted by Crippen LogP contribution is 2.30. The third kappa shape index (κ3) is 2.08. The molecule has 5 heteroatoms. The summed E-state index contributed by atoms with van der Waals surface area (Å²) in [7, 11) is 3.53. The molecule has 0 radical (unpaired) electrons. The van der Waals surface area contributed by atoms with Crippen LogP contribution in [0.3, 0.4) is 0 Å². The number of carbonyl (C=O) groups is 1. The second kappa shape index (κ2) is 3.98. The summed E-state index contributed by atoms with van der Waals surface area (Å²) >= 11 is 0.